The Morgan fingerprint density at radius 3 is 2.48 bits per heavy atom. The van der Waals surface area contributed by atoms with E-state index in [1.165, 1.54) is 0 Å². The van der Waals surface area contributed by atoms with E-state index in [1.807, 2.05) is 6.92 Å². The van der Waals surface area contributed by atoms with Crippen LogP contribution in [0.3, 0.4) is 0 Å². The fraction of sp³-hybridized carbons (Fsp3) is 0.625. The standard InChI is InChI=1S/C16H23F2NO2/c1-4-16(3)13(10-14(16)20-5-2)19-11-6-8-12(9-7-11)21-15(17)18/h6-9,13-15,19H,4-5,10H2,1-3H3. The van der Waals surface area contributed by atoms with Crippen molar-refractivity contribution in [2.75, 3.05) is 11.9 Å². The van der Waals surface area contributed by atoms with Crippen LogP contribution in [0, 0.1) is 5.41 Å². The van der Waals surface area contributed by atoms with E-state index in [4.69, 9.17) is 4.74 Å². The summed E-state index contributed by atoms with van der Waals surface area (Å²) in [5.74, 6) is 0.176. The Kier molecular flexibility index (Phi) is 5.04. The van der Waals surface area contributed by atoms with E-state index in [2.05, 4.69) is 23.9 Å². The molecule has 0 spiro atoms. The number of halogens is 2. The second-order valence-electron chi connectivity index (χ2n) is 5.64. The average Bonchev–Trinajstić information content (AvgIpc) is 2.46. The van der Waals surface area contributed by atoms with Crippen molar-refractivity contribution in [1.82, 2.24) is 0 Å². The normalized spacial score (nSPS) is 28.3. The number of ether oxygens (including phenoxy) is 2. The minimum absolute atomic E-state index is 0.105. The molecule has 1 aromatic carbocycles. The first-order chi connectivity index (χ1) is 9.99. The third kappa shape index (κ3) is 3.46. The van der Waals surface area contributed by atoms with Gasteiger partial charge in [0.05, 0.1) is 6.10 Å². The van der Waals surface area contributed by atoms with Crippen LogP contribution in [0.5, 0.6) is 5.75 Å². The molecular weight excluding hydrogens is 276 g/mol. The highest BCUT2D eigenvalue weighted by molar-refractivity contribution is 5.48. The summed E-state index contributed by atoms with van der Waals surface area (Å²) < 4.78 is 34.3. The van der Waals surface area contributed by atoms with Crippen molar-refractivity contribution in [2.45, 2.75) is 52.4 Å². The Morgan fingerprint density at radius 2 is 1.95 bits per heavy atom. The predicted molar refractivity (Wildman–Crippen MR) is 78.9 cm³/mol. The number of benzene rings is 1. The van der Waals surface area contributed by atoms with Gasteiger partial charge in [0.2, 0.25) is 0 Å². The Hall–Kier alpha value is -1.36. The molecular formula is C16H23F2NO2. The van der Waals surface area contributed by atoms with E-state index in [0.29, 0.717) is 6.04 Å². The molecule has 0 aromatic heterocycles. The third-order valence-corrected chi connectivity index (χ3v) is 4.53. The van der Waals surface area contributed by atoms with Crippen molar-refractivity contribution in [3.63, 3.8) is 0 Å². The summed E-state index contributed by atoms with van der Waals surface area (Å²) in [6, 6.07) is 6.97. The van der Waals surface area contributed by atoms with Gasteiger partial charge >= 0.3 is 6.61 Å². The first-order valence-corrected chi connectivity index (χ1v) is 7.42. The summed E-state index contributed by atoms with van der Waals surface area (Å²) in [5, 5.41) is 3.47. The van der Waals surface area contributed by atoms with Gasteiger partial charge < -0.3 is 14.8 Å². The van der Waals surface area contributed by atoms with Gasteiger partial charge in [0.15, 0.2) is 0 Å². The van der Waals surface area contributed by atoms with Gasteiger partial charge in [0.25, 0.3) is 0 Å². The highest BCUT2D eigenvalue weighted by atomic mass is 19.3. The summed E-state index contributed by atoms with van der Waals surface area (Å²) in [6.45, 7) is 4.35. The molecule has 1 saturated carbocycles. The van der Waals surface area contributed by atoms with Crippen molar-refractivity contribution >= 4 is 5.69 Å². The van der Waals surface area contributed by atoms with Crippen molar-refractivity contribution in [3.05, 3.63) is 24.3 Å². The average molecular weight is 299 g/mol. The summed E-state index contributed by atoms with van der Waals surface area (Å²) in [6.07, 6.45) is 2.28. The first-order valence-electron chi connectivity index (χ1n) is 7.42. The van der Waals surface area contributed by atoms with E-state index in [1.54, 1.807) is 24.3 Å². The topological polar surface area (TPSA) is 30.5 Å². The van der Waals surface area contributed by atoms with E-state index in [0.717, 1.165) is 25.1 Å². The van der Waals surface area contributed by atoms with Crippen LogP contribution in [-0.2, 0) is 4.74 Å². The molecule has 1 aliphatic carbocycles. The number of hydrogen-bond donors (Lipinski definition) is 1. The molecule has 0 heterocycles. The summed E-state index contributed by atoms with van der Waals surface area (Å²) in [4.78, 5) is 0. The summed E-state index contributed by atoms with van der Waals surface area (Å²) >= 11 is 0. The zero-order valence-corrected chi connectivity index (χ0v) is 12.7. The molecule has 2 rings (SSSR count). The van der Waals surface area contributed by atoms with Gasteiger partial charge in [-0.1, -0.05) is 13.8 Å². The highest BCUT2D eigenvalue weighted by Crippen LogP contribution is 2.47. The van der Waals surface area contributed by atoms with Crippen molar-refractivity contribution in [2.24, 2.45) is 5.41 Å². The Balaban J connectivity index is 1.96. The number of rotatable bonds is 7. The van der Waals surface area contributed by atoms with Crippen LogP contribution in [0.25, 0.3) is 0 Å². The van der Waals surface area contributed by atoms with E-state index in [9.17, 15) is 8.78 Å². The lowest BCUT2D eigenvalue weighted by Crippen LogP contribution is -2.59. The van der Waals surface area contributed by atoms with Crippen LogP contribution in [0.15, 0.2) is 24.3 Å². The third-order valence-electron chi connectivity index (χ3n) is 4.53. The predicted octanol–water partition coefficient (Wildman–Crippen LogP) is 4.29. The molecule has 0 radical (unpaired) electrons. The van der Waals surface area contributed by atoms with Gasteiger partial charge in [-0.3, -0.25) is 0 Å². The van der Waals surface area contributed by atoms with Crippen molar-refractivity contribution < 1.29 is 18.3 Å². The largest absolute Gasteiger partial charge is 0.435 e. The molecule has 1 aromatic rings. The number of nitrogens with one attached hydrogen (secondary N) is 1. The molecule has 21 heavy (non-hydrogen) atoms. The molecule has 0 saturated heterocycles. The van der Waals surface area contributed by atoms with Gasteiger partial charge in [-0.05, 0) is 44.0 Å². The molecule has 0 amide bonds. The minimum atomic E-state index is -2.79. The van der Waals surface area contributed by atoms with Gasteiger partial charge in [0.1, 0.15) is 5.75 Å². The Morgan fingerprint density at radius 1 is 1.29 bits per heavy atom. The van der Waals surface area contributed by atoms with Crippen molar-refractivity contribution in [3.8, 4) is 5.75 Å². The SMILES string of the molecule is CCOC1CC(Nc2ccc(OC(F)F)cc2)C1(C)CC. The molecule has 0 bridgehead atoms. The zero-order valence-electron chi connectivity index (χ0n) is 12.7. The number of anilines is 1. The molecule has 3 atom stereocenters. The lowest BCUT2D eigenvalue weighted by molar-refractivity contribution is -0.109. The van der Waals surface area contributed by atoms with Crippen LogP contribution in [0.1, 0.15) is 33.6 Å². The zero-order chi connectivity index (χ0) is 15.5. The number of hydrogen-bond acceptors (Lipinski definition) is 3. The molecule has 118 valence electrons. The molecule has 3 nitrogen and oxygen atoms in total. The lowest BCUT2D eigenvalue weighted by atomic mass is 9.61. The van der Waals surface area contributed by atoms with Gasteiger partial charge in [-0.15, -0.1) is 0 Å². The number of alkyl halides is 2. The fourth-order valence-electron chi connectivity index (χ4n) is 2.91. The Bertz CT molecular complexity index is 452. The highest BCUT2D eigenvalue weighted by Gasteiger charge is 2.51. The maximum absolute atomic E-state index is 12.1. The quantitative estimate of drug-likeness (QED) is 0.814. The minimum Gasteiger partial charge on any atom is -0.435 e. The monoisotopic (exact) mass is 299 g/mol. The Labute approximate surface area is 124 Å². The van der Waals surface area contributed by atoms with Gasteiger partial charge in [-0.2, -0.15) is 8.78 Å². The second kappa shape index (κ2) is 6.60. The fourth-order valence-corrected chi connectivity index (χ4v) is 2.91. The first kappa shape index (κ1) is 16.0. The van der Waals surface area contributed by atoms with Crippen molar-refractivity contribution in [1.29, 1.82) is 0 Å². The van der Waals surface area contributed by atoms with Crippen LogP contribution in [0.4, 0.5) is 14.5 Å². The second-order valence-corrected chi connectivity index (χ2v) is 5.64. The van der Waals surface area contributed by atoms with E-state index >= 15 is 0 Å². The van der Waals surface area contributed by atoms with E-state index in [-0.39, 0.29) is 17.3 Å². The smallest absolute Gasteiger partial charge is 0.387 e. The van der Waals surface area contributed by atoms with Gasteiger partial charge in [0, 0.05) is 23.8 Å². The van der Waals surface area contributed by atoms with Gasteiger partial charge in [-0.25, -0.2) is 0 Å². The van der Waals surface area contributed by atoms with Crippen LogP contribution in [0.2, 0.25) is 0 Å². The molecule has 0 aliphatic heterocycles. The molecule has 1 aliphatic rings. The van der Waals surface area contributed by atoms with E-state index < -0.39 is 6.61 Å². The molecule has 3 unspecified atom stereocenters. The van der Waals surface area contributed by atoms with Crippen LogP contribution < -0.4 is 10.1 Å². The van der Waals surface area contributed by atoms with Crippen LogP contribution in [-0.4, -0.2) is 25.4 Å². The summed E-state index contributed by atoms with van der Waals surface area (Å²) in [5.41, 5.74) is 1.02. The lowest BCUT2D eigenvalue weighted by Gasteiger charge is -2.54. The molecule has 5 heteroatoms. The molecule has 1 fully saturated rings. The maximum atomic E-state index is 12.1. The van der Waals surface area contributed by atoms with Crippen LogP contribution >= 0.6 is 0 Å². The molecule has 1 N–H and O–H groups in total. The summed E-state index contributed by atoms with van der Waals surface area (Å²) in [7, 11) is 0. The maximum Gasteiger partial charge on any atom is 0.387 e.